The third-order valence-corrected chi connectivity index (χ3v) is 4.65. The number of guanidine groups is 1. The quantitative estimate of drug-likeness (QED) is 0.445. The maximum Gasteiger partial charge on any atom is 0.194 e. The molecule has 0 amide bonds. The molecule has 0 aliphatic carbocycles. The van der Waals surface area contributed by atoms with E-state index in [0.717, 1.165) is 44.2 Å². The molecular weight excluding hydrogens is 423 g/mol. The monoisotopic (exact) mass is 446 g/mol. The van der Waals surface area contributed by atoms with Crippen molar-refractivity contribution < 1.29 is 4.42 Å². The van der Waals surface area contributed by atoms with E-state index in [1.165, 1.54) is 5.00 Å². The number of anilines is 1. The lowest BCUT2D eigenvalue weighted by molar-refractivity contribution is 0.373. The van der Waals surface area contributed by atoms with Crippen LogP contribution >= 0.6 is 35.3 Å². The van der Waals surface area contributed by atoms with Crippen LogP contribution in [0.25, 0.3) is 0 Å². The number of rotatable bonds is 4. The zero-order chi connectivity index (χ0) is 15.2. The number of hydrogen-bond acceptors (Lipinski definition) is 4. The van der Waals surface area contributed by atoms with Crippen molar-refractivity contribution in [1.82, 2.24) is 10.2 Å². The van der Waals surface area contributed by atoms with Crippen molar-refractivity contribution in [1.29, 1.82) is 0 Å². The molecule has 5 nitrogen and oxygen atoms in total. The molecule has 0 spiro atoms. The summed E-state index contributed by atoms with van der Waals surface area (Å²) in [6.07, 6.45) is 3.44. The first-order valence-corrected chi connectivity index (χ1v) is 8.57. The van der Waals surface area contributed by atoms with Gasteiger partial charge in [0.05, 0.1) is 24.1 Å². The molecule has 1 aliphatic rings. The van der Waals surface area contributed by atoms with E-state index in [4.69, 9.17) is 9.41 Å². The predicted molar refractivity (Wildman–Crippen MR) is 107 cm³/mol. The number of nitrogens with zero attached hydrogens (tertiary/aromatic N) is 3. The molecule has 1 aliphatic heterocycles. The Morgan fingerprint density at radius 2 is 2.13 bits per heavy atom. The zero-order valence-corrected chi connectivity index (χ0v) is 16.4. The highest BCUT2D eigenvalue weighted by Gasteiger charge is 2.20. The second-order valence-corrected chi connectivity index (χ2v) is 6.15. The lowest BCUT2D eigenvalue weighted by Gasteiger charge is -2.37. The molecule has 3 heterocycles. The van der Waals surface area contributed by atoms with Gasteiger partial charge in [0.25, 0.3) is 0 Å². The van der Waals surface area contributed by atoms with Gasteiger partial charge in [-0.05, 0) is 30.5 Å². The van der Waals surface area contributed by atoms with Gasteiger partial charge in [-0.3, -0.25) is 0 Å². The normalized spacial score (nSPS) is 15.4. The number of piperazine rings is 1. The summed E-state index contributed by atoms with van der Waals surface area (Å²) in [6, 6.07) is 6.27. The van der Waals surface area contributed by atoms with Crippen molar-refractivity contribution in [2.75, 3.05) is 37.6 Å². The molecule has 0 unspecified atom stereocenters. The maximum absolute atomic E-state index is 5.10. The smallest absolute Gasteiger partial charge is 0.194 e. The van der Waals surface area contributed by atoms with Gasteiger partial charge in [-0.25, -0.2) is 4.99 Å². The summed E-state index contributed by atoms with van der Waals surface area (Å²) in [7, 11) is 0. The summed E-state index contributed by atoms with van der Waals surface area (Å²) in [5.74, 6) is 0.995. The average Bonchev–Trinajstić information content (AvgIpc) is 3.25. The van der Waals surface area contributed by atoms with E-state index in [1.807, 2.05) is 17.4 Å². The van der Waals surface area contributed by atoms with Gasteiger partial charge in [0.15, 0.2) is 5.96 Å². The van der Waals surface area contributed by atoms with Gasteiger partial charge in [-0.1, -0.05) is 0 Å². The van der Waals surface area contributed by atoms with E-state index in [0.29, 0.717) is 6.54 Å². The number of hydrogen-bond donors (Lipinski definition) is 1. The van der Waals surface area contributed by atoms with Crippen LogP contribution in [-0.2, 0) is 6.54 Å². The minimum Gasteiger partial charge on any atom is -0.472 e. The molecule has 0 atom stereocenters. The fraction of sp³-hybridized carbons (Fsp3) is 0.438. The molecule has 1 fully saturated rings. The van der Waals surface area contributed by atoms with Gasteiger partial charge in [-0.2, -0.15) is 0 Å². The van der Waals surface area contributed by atoms with Crippen molar-refractivity contribution in [2.24, 2.45) is 4.99 Å². The van der Waals surface area contributed by atoms with Crippen LogP contribution in [0.2, 0.25) is 0 Å². The molecule has 126 valence electrons. The summed E-state index contributed by atoms with van der Waals surface area (Å²) < 4.78 is 5.10. The van der Waals surface area contributed by atoms with Crippen LogP contribution in [0.3, 0.4) is 0 Å². The predicted octanol–water partition coefficient (Wildman–Crippen LogP) is 3.25. The highest BCUT2D eigenvalue weighted by atomic mass is 127. The minimum absolute atomic E-state index is 0. The zero-order valence-electron chi connectivity index (χ0n) is 13.3. The Labute approximate surface area is 158 Å². The molecule has 0 aromatic carbocycles. The maximum atomic E-state index is 5.10. The van der Waals surface area contributed by atoms with Gasteiger partial charge >= 0.3 is 0 Å². The van der Waals surface area contributed by atoms with Crippen LogP contribution < -0.4 is 10.2 Å². The summed E-state index contributed by atoms with van der Waals surface area (Å²) in [5.41, 5.74) is 1.10. The molecule has 23 heavy (non-hydrogen) atoms. The van der Waals surface area contributed by atoms with Gasteiger partial charge in [-0.15, -0.1) is 35.3 Å². The molecule has 2 aromatic heterocycles. The van der Waals surface area contributed by atoms with Crippen LogP contribution in [0.1, 0.15) is 12.5 Å². The fourth-order valence-electron chi connectivity index (χ4n) is 2.56. The fourth-order valence-corrected chi connectivity index (χ4v) is 3.35. The molecule has 1 N–H and O–H groups in total. The van der Waals surface area contributed by atoms with Crippen LogP contribution in [0.5, 0.6) is 0 Å². The van der Waals surface area contributed by atoms with Gasteiger partial charge in [0.2, 0.25) is 0 Å². The van der Waals surface area contributed by atoms with Crippen LogP contribution in [0.15, 0.2) is 45.5 Å². The van der Waals surface area contributed by atoms with Crippen molar-refractivity contribution in [3.05, 3.63) is 41.7 Å². The van der Waals surface area contributed by atoms with Crippen molar-refractivity contribution in [3.63, 3.8) is 0 Å². The highest BCUT2D eigenvalue weighted by Crippen LogP contribution is 2.22. The molecule has 0 saturated carbocycles. The Hall–Kier alpha value is -1.22. The number of halogens is 1. The molecule has 2 aromatic rings. The third-order valence-electron chi connectivity index (χ3n) is 3.72. The minimum atomic E-state index is 0. The standard InChI is InChI=1S/C16H22N4OS.HI/c1-2-17-16(18-12-14-5-10-21-13-14)20-8-6-19(7-9-20)15-4-3-11-22-15;/h3-5,10-11,13H,2,6-9,12H2,1H3,(H,17,18);1H. The van der Waals surface area contributed by atoms with E-state index in [1.54, 1.807) is 12.5 Å². The van der Waals surface area contributed by atoms with Crippen LogP contribution in [-0.4, -0.2) is 43.6 Å². The van der Waals surface area contributed by atoms with E-state index < -0.39 is 0 Å². The lowest BCUT2D eigenvalue weighted by atomic mass is 10.3. The van der Waals surface area contributed by atoms with E-state index in [9.17, 15) is 0 Å². The third kappa shape index (κ3) is 4.87. The molecule has 0 bridgehead atoms. The molecule has 7 heteroatoms. The Balaban J connectivity index is 0.00000192. The number of aliphatic imine (C=N–C) groups is 1. The Morgan fingerprint density at radius 3 is 2.74 bits per heavy atom. The second kappa shape index (κ2) is 9.17. The summed E-state index contributed by atoms with van der Waals surface area (Å²) in [6.45, 7) is 7.71. The van der Waals surface area contributed by atoms with Gasteiger partial charge < -0.3 is 19.5 Å². The highest BCUT2D eigenvalue weighted by molar-refractivity contribution is 14.0. The molecular formula is C16H23IN4OS. The van der Waals surface area contributed by atoms with E-state index >= 15 is 0 Å². The van der Waals surface area contributed by atoms with Gasteiger partial charge in [0, 0.05) is 38.3 Å². The van der Waals surface area contributed by atoms with Crippen molar-refractivity contribution in [3.8, 4) is 0 Å². The van der Waals surface area contributed by atoms with Crippen molar-refractivity contribution in [2.45, 2.75) is 13.5 Å². The lowest BCUT2D eigenvalue weighted by Crippen LogP contribution is -2.52. The van der Waals surface area contributed by atoms with Crippen LogP contribution in [0.4, 0.5) is 5.00 Å². The second-order valence-electron chi connectivity index (χ2n) is 5.23. The van der Waals surface area contributed by atoms with Crippen molar-refractivity contribution >= 4 is 46.3 Å². The number of furan rings is 1. The first kappa shape index (κ1) is 18.1. The van der Waals surface area contributed by atoms with E-state index in [-0.39, 0.29) is 24.0 Å². The first-order valence-electron chi connectivity index (χ1n) is 7.69. The van der Waals surface area contributed by atoms with Gasteiger partial charge in [0.1, 0.15) is 0 Å². The van der Waals surface area contributed by atoms with Crippen LogP contribution in [0, 0.1) is 0 Å². The average molecular weight is 446 g/mol. The Kier molecular flexibility index (Phi) is 7.22. The SMILES string of the molecule is CCNC(=NCc1ccoc1)N1CCN(c2cccs2)CC1.I. The molecule has 3 rings (SSSR count). The summed E-state index contributed by atoms with van der Waals surface area (Å²) in [4.78, 5) is 9.51. The Bertz CT molecular complexity index is 577. The first-order chi connectivity index (χ1) is 10.9. The molecule has 0 radical (unpaired) electrons. The summed E-state index contributed by atoms with van der Waals surface area (Å²) >= 11 is 1.81. The topological polar surface area (TPSA) is 44.0 Å². The number of thiophene rings is 1. The molecule has 1 saturated heterocycles. The number of nitrogens with one attached hydrogen (secondary N) is 1. The largest absolute Gasteiger partial charge is 0.472 e. The Morgan fingerprint density at radius 1 is 1.30 bits per heavy atom. The summed E-state index contributed by atoms with van der Waals surface area (Å²) in [5, 5.41) is 6.89. The van der Waals surface area contributed by atoms with E-state index in [2.05, 4.69) is 39.6 Å².